The second kappa shape index (κ2) is 6.27. The molecule has 0 saturated carbocycles. The van der Waals surface area contributed by atoms with Crippen LogP contribution < -0.4 is 10.2 Å². The Hall–Kier alpha value is -1.87. The number of para-hydroxylation sites is 1. The molecule has 1 N–H and O–H groups in total. The Morgan fingerprint density at radius 3 is 2.71 bits per heavy atom. The van der Waals surface area contributed by atoms with Gasteiger partial charge in [-0.05, 0) is 49.2 Å². The van der Waals surface area contributed by atoms with Gasteiger partial charge in [0.1, 0.15) is 0 Å². The van der Waals surface area contributed by atoms with Crippen molar-refractivity contribution in [1.82, 2.24) is 5.32 Å². The van der Waals surface area contributed by atoms with E-state index in [1.807, 2.05) is 0 Å². The minimum atomic E-state index is 0.776. The van der Waals surface area contributed by atoms with Gasteiger partial charge in [-0.15, -0.1) is 0 Å². The Morgan fingerprint density at radius 1 is 1.14 bits per heavy atom. The van der Waals surface area contributed by atoms with E-state index in [4.69, 9.17) is 12.2 Å². The summed E-state index contributed by atoms with van der Waals surface area (Å²) in [4.78, 5) is 2.22. The highest BCUT2D eigenvalue weighted by Crippen LogP contribution is 2.26. The zero-order valence-electron chi connectivity index (χ0n) is 12.3. The smallest absolute Gasteiger partial charge is 0.173 e. The monoisotopic (exact) mass is 296 g/mol. The number of fused-ring (bicyclic) bond motifs is 1. The third-order valence-electron chi connectivity index (χ3n) is 3.92. The van der Waals surface area contributed by atoms with Gasteiger partial charge in [0.2, 0.25) is 0 Å². The quantitative estimate of drug-likeness (QED) is 0.848. The number of anilines is 1. The van der Waals surface area contributed by atoms with Gasteiger partial charge in [0, 0.05) is 18.8 Å². The summed E-state index contributed by atoms with van der Waals surface area (Å²) in [6, 6.07) is 17.1. The number of hydrogen-bond acceptors (Lipinski definition) is 1. The van der Waals surface area contributed by atoms with E-state index in [9.17, 15) is 0 Å². The van der Waals surface area contributed by atoms with Crippen molar-refractivity contribution in [2.24, 2.45) is 0 Å². The second-order valence-electron chi connectivity index (χ2n) is 5.53. The van der Waals surface area contributed by atoms with E-state index in [0.29, 0.717) is 0 Å². The molecule has 21 heavy (non-hydrogen) atoms. The molecule has 3 heteroatoms. The summed E-state index contributed by atoms with van der Waals surface area (Å²) in [6.45, 7) is 3.88. The Bertz CT molecular complexity index is 634. The van der Waals surface area contributed by atoms with Gasteiger partial charge in [-0.3, -0.25) is 0 Å². The average Bonchev–Trinajstić information content (AvgIpc) is 2.53. The summed E-state index contributed by atoms with van der Waals surface area (Å²) in [5.74, 6) is 0. The number of aryl methyl sites for hydroxylation is 2. The topological polar surface area (TPSA) is 15.3 Å². The number of rotatable bonds is 2. The molecule has 3 rings (SSSR count). The predicted octanol–water partition coefficient (Wildman–Crippen LogP) is 3.82. The summed E-state index contributed by atoms with van der Waals surface area (Å²) >= 11 is 5.59. The van der Waals surface area contributed by atoms with Crippen molar-refractivity contribution in [1.29, 1.82) is 0 Å². The first-order valence-electron chi connectivity index (χ1n) is 7.43. The highest BCUT2D eigenvalue weighted by Gasteiger charge is 2.19. The van der Waals surface area contributed by atoms with Crippen LogP contribution in [0.3, 0.4) is 0 Å². The fraction of sp³-hybridized carbons (Fsp3) is 0.278. The first-order valence-corrected chi connectivity index (χ1v) is 7.84. The van der Waals surface area contributed by atoms with Crippen molar-refractivity contribution in [3.63, 3.8) is 0 Å². The minimum absolute atomic E-state index is 0.776. The van der Waals surface area contributed by atoms with Crippen LogP contribution in [0.25, 0.3) is 0 Å². The standard InChI is InChI=1S/C18H20N2S/c1-14-8-10-15(11-9-14)13-19-18(21)20-12-4-6-16-5-2-3-7-17(16)20/h2-3,5,7-11H,4,6,12-13H2,1H3,(H,19,21). The normalized spacial score (nSPS) is 13.7. The van der Waals surface area contributed by atoms with Crippen molar-refractivity contribution in [3.8, 4) is 0 Å². The van der Waals surface area contributed by atoms with E-state index in [0.717, 1.165) is 31.0 Å². The van der Waals surface area contributed by atoms with Crippen molar-refractivity contribution < 1.29 is 0 Å². The van der Waals surface area contributed by atoms with Crippen LogP contribution in [-0.2, 0) is 13.0 Å². The molecule has 1 aliphatic heterocycles. The number of nitrogens with zero attached hydrogens (tertiary/aromatic N) is 1. The summed E-state index contributed by atoms with van der Waals surface area (Å²) in [5, 5.41) is 4.21. The zero-order chi connectivity index (χ0) is 14.7. The molecule has 108 valence electrons. The van der Waals surface area contributed by atoms with E-state index in [1.54, 1.807) is 0 Å². The van der Waals surface area contributed by atoms with Crippen molar-refractivity contribution >= 4 is 23.0 Å². The van der Waals surface area contributed by atoms with Crippen LogP contribution in [0.15, 0.2) is 48.5 Å². The molecule has 2 nitrogen and oxygen atoms in total. The first-order chi connectivity index (χ1) is 10.2. The van der Waals surface area contributed by atoms with E-state index < -0.39 is 0 Å². The molecule has 0 aromatic heterocycles. The van der Waals surface area contributed by atoms with Gasteiger partial charge < -0.3 is 10.2 Å². The molecule has 2 aromatic rings. The highest BCUT2D eigenvalue weighted by molar-refractivity contribution is 7.80. The van der Waals surface area contributed by atoms with Gasteiger partial charge in [0.25, 0.3) is 0 Å². The van der Waals surface area contributed by atoms with Crippen LogP contribution >= 0.6 is 12.2 Å². The summed E-state index contributed by atoms with van der Waals surface area (Å²) in [7, 11) is 0. The molecule has 0 fully saturated rings. The molecule has 0 saturated heterocycles. The Kier molecular flexibility index (Phi) is 4.20. The van der Waals surface area contributed by atoms with E-state index in [-0.39, 0.29) is 0 Å². The molecule has 0 bridgehead atoms. The molecule has 0 radical (unpaired) electrons. The summed E-state index contributed by atoms with van der Waals surface area (Å²) in [6.07, 6.45) is 2.30. The minimum Gasteiger partial charge on any atom is -0.358 e. The largest absolute Gasteiger partial charge is 0.358 e. The van der Waals surface area contributed by atoms with Crippen molar-refractivity contribution in [2.45, 2.75) is 26.3 Å². The molecule has 0 amide bonds. The highest BCUT2D eigenvalue weighted by atomic mass is 32.1. The summed E-state index contributed by atoms with van der Waals surface area (Å²) < 4.78 is 0. The predicted molar refractivity (Wildman–Crippen MR) is 92.7 cm³/mol. The van der Waals surface area contributed by atoms with Gasteiger partial charge in [-0.25, -0.2) is 0 Å². The van der Waals surface area contributed by atoms with Gasteiger partial charge >= 0.3 is 0 Å². The number of thiocarbonyl (C=S) groups is 1. The molecule has 2 aromatic carbocycles. The third kappa shape index (κ3) is 3.24. The molecular weight excluding hydrogens is 276 g/mol. The second-order valence-corrected chi connectivity index (χ2v) is 5.91. The van der Waals surface area contributed by atoms with E-state index in [1.165, 1.54) is 22.4 Å². The third-order valence-corrected chi connectivity index (χ3v) is 4.28. The fourth-order valence-electron chi connectivity index (χ4n) is 2.72. The van der Waals surface area contributed by atoms with E-state index >= 15 is 0 Å². The van der Waals surface area contributed by atoms with Crippen molar-refractivity contribution in [3.05, 3.63) is 65.2 Å². The van der Waals surface area contributed by atoms with Crippen molar-refractivity contribution in [2.75, 3.05) is 11.4 Å². The van der Waals surface area contributed by atoms with Crippen LogP contribution in [0.1, 0.15) is 23.1 Å². The Morgan fingerprint density at radius 2 is 1.90 bits per heavy atom. The fourth-order valence-corrected chi connectivity index (χ4v) is 2.99. The van der Waals surface area contributed by atoms with Crippen LogP contribution in [0.5, 0.6) is 0 Å². The average molecular weight is 296 g/mol. The lowest BCUT2D eigenvalue weighted by atomic mass is 10.0. The number of benzene rings is 2. The maximum absolute atomic E-state index is 5.59. The van der Waals surface area contributed by atoms with Gasteiger partial charge in [0.15, 0.2) is 5.11 Å². The molecule has 0 spiro atoms. The number of nitrogens with one attached hydrogen (secondary N) is 1. The lowest BCUT2D eigenvalue weighted by Gasteiger charge is -2.31. The SMILES string of the molecule is Cc1ccc(CNC(=S)N2CCCc3ccccc32)cc1. The molecule has 1 aliphatic rings. The van der Waals surface area contributed by atoms with Crippen LogP contribution in [0.2, 0.25) is 0 Å². The molecular formula is C18H20N2S. The molecule has 0 aliphatic carbocycles. The summed E-state index contributed by atoms with van der Waals surface area (Å²) in [5.41, 5.74) is 5.19. The van der Waals surface area contributed by atoms with Gasteiger partial charge in [-0.1, -0.05) is 48.0 Å². The van der Waals surface area contributed by atoms with Gasteiger partial charge in [0.05, 0.1) is 0 Å². The number of hydrogen-bond donors (Lipinski definition) is 1. The maximum atomic E-state index is 5.59. The lowest BCUT2D eigenvalue weighted by molar-refractivity contribution is 0.763. The van der Waals surface area contributed by atoms with Crippen LogP contribution in [0.4, 0.5) is 5.69 Å². The van der Waals surface area contributed by atoms with Crippen LogP contribution in [-0.4, -0.2) is 11.7 Å². The first kappa shape index (κ1) is 14.1. The van der Waals surface area contributed by atoms with E-state index in [2.05, 4.69) is 65.7 Å². The van der Waals surface area contributed by atoms with Gasteiger partial charge in [-0.2, -0.15) is 0 Å². The maximum Gasteiger partial charge on any atom is 0.173 e. The Balaban J connectivity index is 1.68. The van der Waals surface area contributed by atoms with Crippen LogP contribution in [0, 0.1) is 6.92 Å². The molecule has 1 heterocycles. The Labute approximate surface area is 131 Å². The molecule has 0 atom stereocenters. The molecule has 0 unspecified atom stereocenters. The zero-order valence-corrected chi connectivity index (χ0v) is 13.1. The lowest BCUT2D eigenvalue weighted by Crippen LogP contribution is -2.42.